The molecule has 0 aliphatic heterocycles. The van der Waals surface area contributed by atoms with Crippen molar-refractivity contribution in [1.82, 2.24) is 78.2 Å². The number of aromatic amines is 1. The molecule has 0 spiro atoms. The van der Waals surface area contributed by atoms with E-state index in [0.29, 0.717) is 5.65 Å². The van der Waals surface area contributed by atoms with Crippen LogP contribution < -0.4 is 0 Å². The second kappa shape index (κ2) is 49.9. The summed E-state index contributed by atoms with van der Waals surface area (Å²) in [5.41, 5.74) is 16.7. The van der Waals surface area contributed by atoms with E-state index in [9.17, 15) is 0 Å². The Morgan fingerprint density at radius 3 is 1.60 bits per heavy atom. The number of thiazole rings is 2. The fourth-order valence-electron chi connectivity index (χ4n) is 7.07. The number of pyridine rings is 6. The molecule has 0 amide bonds. The standard InChI is InChI=1S/2C8H8N2.2C7H7N3.C7H5NO.C7H5NS.C6H4N2O.C6H4N2S.8C2H6/c1-7-6-10-5-3-2-4-8(10)9-7;1-7-6-9-8-4-2-3-5-10(7)8;1-10-5-9-6-3-2-4-8-7(6)10;1-5-9-6-3-2-4-8-7(6)10-5;2*1-2-4-7-6(3-1)8-5-9-7;2*1-2-5-6(7-3-1)8-4-9-5;8*1-2/h2*2-6H,1H3;2-5H,1H3;2-4H,1H3,(H,8,9,10);2*1-5H;2*1-4H;8*1-2H3. The molecule has 0 saturated carbocycles. The Labute approximate surface area is 552 Å². The van der Waals surface area contributed by atoms with E-state index in [0.717, 1.165) is 77.7 Å². The van der Waals surface area contributed by atoms with Crippen molar-refractivity contribution in [3.05, 3.63) is 230 Å². The number of imidazole rings is 4. The predicted molar refractivity (Wildman–Crippen MR) is 391 cm³/mol. The molecule has 488 valence electrons. The van der Waals surface area contributed by atoms with Crippen LogP contribution in [0, 0.1) is 20.8 Å². The minimum Gasteiger partial charge on any atom is -0.443 e. The van der Waals surface area contributed by atoms with Crippen LogP contribution in [-0.4, -0.2) is 78.2 Å². The lowest BCUT2D eigenvalue weighted by Gasteiger charge is -1.91. The first-order valence-corrected chi connectivity index (χ1v) is 33.2. The van der Waals surface area contributed by atoms with Gasteiger partial charge in [-0.25, -0.2) is 54.8 Å². The van der Waals surface area contributed by atoms with Crippen LogP contribution in [0.2, 0.25) is 0 Å². The Bertz CT molecular complexity index is 3710. The van der Waals surface area contributed by atoms with Crippen LogP contribution in [0.1, 0.15) is 128 Å². The fourth-order valence-corrected chi connectivity index (χ4v) is 8.38. The SMILES string of the molecule is CC.CC.CC.CC.CC.CC.CC.CC.Cc1cn2ccccc2n1.Cc1cnc2ccccn12.Cc1nc2ncccc2[nH]1.Cn1cnc2cccnc21.c1ccc2ocnc2c1.c1ccc2scnc2c1.c1cnc2ncoc2c1.c1cnc2ncsc2c1. The van der Waals surface area contributed by atoms with E-state index in [-0.39, 0.29) is 0 Å². The molecule has 16 aromatic rings. The van der Waals surface area contributed by atoms with Gasteiger partial charge in [-0.15, -0.1) is 22.7 Å². The van der Waals surface area contributed by atoms with Crippen molar-refractivity contribution in [2.24, 2.45) is 7.05 Å². The van der Waals surface area contributed by atoms with Gasteiger partial charge in [-0.2, -0.15) is 4.98 Å². The predicted octanol–water partition coefficient (Wildman–Crippen LogP) is 20.8. The van der Waals surface area contributed by atoms with Gasteiger partial charge in [0, 0.05) is 62.3 Å². The summed E-state index contributed by atoms with van der Waals surface area (Å²) in [6.45, 7) is 38.0. The number of fused-ring (bicyclic) bond motifs is 8. The maximum Gasteiger partial charge on any atom is 0.198 e. The fraction of sp³-hybridized carbons (Fsp3) is 0.278. The van der Waals surface area contributed by atoms with Crippen LogP contribution in [0.3, 0.4) is 0 Å². The summed E-state index contributed by atoms with van der Waals surface area (Å²) >= 11 is 3.29. The van der Waals surface area contributed by atoms with Crippen LogP contribution in [-0.2, 0) is 7.05 Å². The van der Waals surface area contributed by atoms with Crippen molar-refractivity contribution in [3.8, 4) is 0 Å². The van der Waals surface area contributed by atoms with Crippen molar-refractivity contribution in [3.63, 3.8) is 0 Å². The zero-order chi connectivity index (χ0) is 68.3. The minimum atomic E-state index is 0.664. The number of aryl methyl sites for hydroxylation is 4. The van der Waals surface area contributed by atoms with Crippen molar-refractivity contribution in [2.45, 2.75) is 132 Å². The Morgan fingerprint density at radius 2 is 0.946 bits per heavy atom. The molecule has 0 radical (unpaired) electrons. The molecule has 1 N–H and O–H groups in total. The van der Waals surface area contributed by atoms with Crippen molar-refractivity contribution in [2.75, 3.05) is 0 Å². The third-order valence-corrected chi connectivity index (χ3v) is 12.2. The van der Waals surface area contributed by atoms with Gasteiger partial charge in [-0.05, 0) is 118 Å². The summed E-state index contributed by atoms with van der Waals surface area (Å²) in [7, 11) is 1.93. The summed E-state index contributed by atoms with van der Waals surface area (Å²) in [5, 5.41) is 0. The van der Waals surface area contributed by atoms with Gasteiger partial charge in [-0.3, -0.25) is 0 Å². The minimum absolute atomic E-state index is 0.664. The van der Waals surface area contributed by atoms with Gasteiger partial charge in [0.15, 0.2) is 46.5 Å². The number of rotatable bonds is 0. The number of para-hydroxylation sites is 3. The molecule has 14 heterocycles. The monoisotopic (exact) mass is 1280 g/mol. The molecule has 0 unspecified atom stereocenters. The van der Waals surface area contributed by atoms with Gasteiger partial charge < -0.3 is 27.2 Å². The maximum atomic E-state index is 5.01. The highest BCUT2D eigenvalue weighted by molar-refractivity contribution is 7.17. The highest BCUT2D eigenvalue weighted by Crippen LogP contribution is 2.16. The average Bonchev–Trinajstić information content (AvgIpc) is 3.12. The number of hydrogen-bond acceptors (Lipinski definition) is 16. The number of benzene rings is 2. The van der Waals surface area contributed by atoms with Crippen LogP contribution >= 0.6 is 22.7 Å². The van der Waals surface area contributed by atoms with Crippen LogP contribution in [0.25, 0.3) is 76.5 Å². The highest BCUT2D eigenvalue weighted by Gasteiger charge is 1.99. The van der Waals surface area contributed by atoms with Crippen molar-refractivity contribution < 1.29 is 8.83 Å². The first kappa shape index (κ1) is 80.1. The zero-order valence-electron chi connectivity index (χ0n) is 57.5. The van der Waals surface area contributed by atoms with E-state index in [2.05, 4.69) is 75.3 Å². The smallest absolute Gasteiger partial charge is 0.198 e. The van der Waals surface area contributed by atoms with Gasteiger partial charge >= 0.3 is 0 Å². The molecule has 0 bridgehead atoms. The van der Waals surface area contributed by atoms with E-state index in [4.69, 9.17) is 8.83 Å². The number of oxazole rings is 2. The highest BCUT2D eigenvalue weighted by atomic mass is 32.1. The van der Waals surface area contributed by atoms with Crippen LogP contribution in [0.4, 0.5) is 0 Å². The van der Waals surface area contributed by atoms with Crippen LogP contribution in [0.15, 0.2) is 222 Å². The molecular weight excluding hydrogens is 1190 g/mol. The van der Waals surface area contributed by atoms with E-state index >= 15 is 0 Å². The molecule has 18 nitrogen and oxygen atoms in total. The van der Waals surface area contributed by atoms with Crippen molar-refractivity contribution in [1.29, 1.82) is 0 Å². The van der Waals surface area contributed by atoms with E-state index in [1.54, 1.807) is 59.3 Å². The zero-order valence-corrected chi connectivity index (χ0v) is 59.2. The first-order valence-electron chi connectivity index (χ1n) is 31.5. The topological polar surface area (TPSA) is 210 Å². The molecule has 14 aromatic heterocycles. The van der Waals surface area contributed by atoms with Gasteiger partial charge in [0.05, 0.1) is 43.5 Å². The van der Waals surface area contributed by atoms with Gasteiger partial charge in [0.1, 0.15) is 28.2 Å². The molecular formula is C72H96N16O2S2. The molecule has 16 rings (SSSR count). The van der Waals surface area contributed by atoms with Gasteiger partial charge in [0.2, 0.25) is 0 Å². The lowest BCUT2D eigenvalue weighted by atomic mass is 10.3. The second-order valence-electron chi connectivity index (χ2n) is 16.1. The van der Waals surface area contributed by atoms with Gasteiger partial charge in [0.25, 0.3) is 0 Å². The summed E-state index contributed by atoms with van der Waals surface area (Å²) in [5.74, 6) is 0.911. The Hall–Kier alpha value is -9.92. The molecule has 20 heteroatoms. The number of hydrogen-bond donors (Lipinski definition) is 1. The lowest BCUT2D eigenvalue weighted by molar-refractivity contribution is 0.602. The molecule has 0 saturated heterocycles. The van der Waals surface area contributed by atoms with Crippen molar-refractivity contribution >= 4 is 99.2 Å². The molecule has 0 fully saturated rings. The normalized spacial score (nSPS) is 9.09. The quantitative estimate of drug-likeness (QED) is 0.150. The maximum absolute atomic E-state index is 5.01. The third-order valence-electron chi connectivity index (χ3n) is 10.6. The van der Waals surface area contributed by atoms with E-state index < -0.39 is 0 Å². The summed E-state index contributed by atoms with van der Waals surface area (Å²) in [4.78, 5) is 51.9. The third kappa shape index (κ3) is 27.0. The van der Waals surface area contributed by atoms with E-state index in [1.165, 1.54) is 23.2 Å². The lowest BCUT2D eigenvalue weighted by Crippen LogP contribution is -1.85. The number of H-pyrrole nitrogens is 1. The van der Waals surface area contributed by atoms with E-state index in [1.807, 2.05) is 305 Å². The number of nitrogens with one attached hydrogen (secondary N) is 1. The molecule has 92 heavy (non-hydrogen) atoms. The molecule has 0 aliphatic rings. The first-order chi connectivity index (χ1) is 45.3. The Morgan fingerprint density at radius 1 is 0.413 bits per heavy atom. The Balaban J connectivity index is 0.000000509. The summed E-state index contributed by atoms with van der Waals surface area (Å²) in [6, 6.07) is 43.0. The molecule has 0 atom stereocenters. The molecule has 2 aromatic carbocycles. The van der Waals surface area contributed by atoms with Gasteiger partial charge in [-0.1, -0.05) is 147 Å². The second-order valence-corrected chi connectivity index (χ2v) is 17.8. The summed E-state index contributed by atoms with van der Waals surface area (Å²) in [6.07, 6.45) is 19.4. The number of nitrogens with zero attached hydrogens (tertiary/aromatic N) is 15. The Kier molecular flexibility index (Phi) is 43.4. The largest absolute Gasteiger partial charge is 0.443 e. The van der Waals surface area contributed by atoms with Crippen LogP contribution in [0.5, 0.6) is 0 Å². The average molecular weight is 1280 g/mol. The number of aromatic nitrogens is 16. The summed E-state index contributed by atoms with van der Waals surface area (Å²) < 4.78 is 18.3. The molecule has 0 aliphatic carbocycles.